The summed E-state index contributed by atoms with van der Waals surface area (Å²) in [6.45, 7) is 1.94. The average Bonchev–Trinajstić information content (AvgIpc) is 2.77. The van der Waals surface area contributed by atoms with E-state index in [2.05, 4.69) is 10.1 Å². The smallest absolute Gasteiger partial charge is 0.356 e. The predicted molar refractivity (Wildman–Crippen MR) is 71.1 cm³/mol. The Morgan fingerprint density at radius 2 is 2.30 bits per heavy atom. The van der Waals surface area contributed by atoms with E-state index in [0.29, 0.717) is 30.6 Å². The molecule has 2 heterocycles. The monoisotopic (exact) mass is 273 g/mol. The van der Waals surface area contributed by atoms with Gasteiger partial charge in [-0.15, -0.1) is 0 Å². The normalized spacial score (nSPS) is 17.8. The van der Waals surface area contributed by atoms with Gasteiger partial charge in [-0.3, -0.25) is 0 Å². The highest BCUT2D eigenvalue weighted by molar-refractivity contribution is 5.87. The minimum Gasteiger partial charge on any atom is -0.476 e. The summed E-state index contributed by atoms with van der Waals surface area (Å²) >= 11 is 0. The van der Waals surface area contributed by atoms with Gasteiger partial charge in [-0.1, -0.05) is 0 Å². The topological polar surface area (TPSA) is 88.2 Å². The number of aromatic nitrogens is 3. The largest absolute Gasteiger partial charge is 0.476 e. The van der Waals surface area contributed by atoms with E-state index in [4.69, 9.17) is 0 Å². The predicted octanol–water partition coefficient (Wildman–Crippen LogP) is 1.12. The first kappa shape index (κ1) is 12.8. The molecular weight excluding hydrogens is 258 g/mol. The van der Waals surface area contributed by atoms with Gasteiger partial charge in [0, 0.05) is 18.2 Å². The molecule has 0 amide bonds. The molecule has 1 unspecified atom stereocenters. The zero-order valence-electron chi connectivity index (χ0n) is 11.1. The van der Waals surface area contributed by atoms with Crippen LogP contribution in [0.5, 0.6) is 0 Å². The van der Waals surface area contributed by atoms with Crippen molar-refractivity contribution in [3.8, 4) is 5.82 Å². The summed E-state index contributed by atoms with van der Waals surface area (Å²) in [6, 6.07) is 3.71. The molecule has 6 heteroatoms. The second-order valence-corrected chi connectivity index (χ2v) is 5.08. The molecule has 0 aromatic carbocycles. The lowest BCUT2D eigenvalue weighted by Crippen LogP contribution is -2.21. The fourth-order valence-electron chi connectivity index (χ4n) is 2.59. The van der Waals surface area contributed by atoms with Crippen LogP contribution in [-0.2, 0) is 12.8 Å². The molecule has 104 valence electrons. The number of nitrogens with zero attached hydrogens (tertiary/aromatic N) is 3. The Labute approximate surface area is 115 Å². The molecule has 0 saturated carbocycles. The molecule has 0 saturated heterocycles. The number of pyridine rings is 1. The number of carboxylic acid groups (broad SMARTS) is 1. The molecule has 1 aliphatic carbocycles. The van der Waals surface area contributed by atoms with Crippen LogP contribution < -0.4 is 0 Å². The lowest BCUT2D eigenvalue weighted by molar-refractivity contribution is 0.0687. The Morgan fingerprint density at radius 3 is 3.00 bits per heavy atom. The summed E-state index contributed by atoms with van der Waals surface area (Å²) in [4.78, 5) is 15.5. The van der Waals surface area contributed by atoms with Crippen molar-refractivity contribution in [2.24, 2.45) is 0 Å². The van der Waals surface area contributed by atoms with Gasteiger partial charge >= 0.3 is 5.97 Å². The minimum absolute atomic E-state index is 0.0650. The maximum Gasteiger partial charge on any atom is 0.356 e. The van der Waals surface area contributed by atoms with Crippen molar-refractivity contribution in [2.45, 2.75) is 32.3 Å². The number of aliphatic hydroxyl groups is 1. The number of carboxylic acids is 1. The van der Waals surface area contributed by atoms with Crippen LogP contribution in [0.2, 0.25) is 0 Å². The van der Waals surface area contributed by atoms with Gasteiger partial charge < -0.3 is 10.2 Å². The molecule has 1 atom stereocenters. The van der Waals surface area contributed by atoms with E-state index >= 15 is 0 Å². The fraction of sp³-hybridized carbons (Fsp3) is 0.357. The summed E-state index contributed by atoms with van der Waals surface area (Å²) in [5, 5.41) is 23.3. The standard InChI is InChI=1S/C14H15N3O3/c1-8-4-5-15-12(6-8)17-11-7-9(18)2-3-10(11)13(16-17)14(19)20/h4-6,9,18H,2-3,7H2,1H3,(H,19,20). The Bertz CT molecular complexity index is 678. The van der Waals surface area contributed by atoms with E-state index in [1.54, 1.807) is 10.9 Å². The third-order valence-electron chi connectivity index (χ3n) is 3.57. The minimum atomic E-state index is -1.04. The van der Waals surface area contributed by atoms with Gasteiger partial charge in [0.1, 0.15) is 0 Å². The Hall–Kier alpha value is -2.21. The number of rotatable bonds is 2. The lowest BCUT2D eigenvalue weighted by atomic mass is 9.93. The second-order valence-electron chi connectivity index (χ2n) is 5.08. The van der Waals surface area contributed by atoms with Crippen molar-refractivity contribution in [1.82, 2.24) is 14.8 Å². The number of aliphatic hydroxyl groups excluding tert-OH is 1. The molecular formula is C14H15N3O3. The van der Waals surface area contributed by atoms with Crippen LogP contribution in [0.3, 0.4) is 0 Å². The van der Waals surface area contributed by atoms with E-state index in [1.165, 1.54) is 0 Å². The van der Waals surface area contributed by atoms with E-state index in [0.717, 1.165) is 11.3 Å². The number of carbonyl (C=O) groups is 1. The van der Waals surface area contributed by atoms with E-state index in [1.807, 2.05) is 19.1 Å². The quantitative estimate of drug-likeness (QED) is 0.856. The lowest BCUT2D eigenvalue weighted by Gasteiger charge is -2.18. The molecule has 3 rings (SSSR count). The maximum absolute atomic E-state index is 11.3. The van der Waals surface area contributed by atoms with Crippen LogP contribution in [0.4, 0.5) is 0 Å². The molecule has 0 radical (unpaired) electrons. The van der Waals surface area contributed by atoms with Gasteiger partial charge in [-0.05, 0) is 37.5 Å². The zero-order chi connectivity index (χ0) is 14.3. The van der Waals surface area contributed by atoms with Gasteiger partial charge in [0.05, 0.1) is 11.8 Å². The molecule has 2 aromatic heterocycles. The molecule has 0 bridgehead atoms. The molecule has 2 aromatic rings. The molecule has 2 N–H and O–H groups in total. The molecule has 20 heavy (non-hydrogen) atoms. The van der Waals surface area contributed by atoms with Crippen LogP contribution in [0.15, 0.2) is 18.3 Å². The van der Waals surface area contributed by atoms with Crippen molar-refractivity contribution in [3.63, 3.8) is 0 Å². The Kier molecular flexibility index (Phi) is 3.02. The first-order valence-electron chi connectivity index (χ1n) is 6.51. The third-order valence-corrected chi connectivity index (χ3v) is 3.57. The SMILES string of the molecule is Cc1ccnc(-n2nc(C(=O)O)c3c2CC(O)CC3)c1. The van der Waals surface area contributed by atoms with Crippen LogP contribution in [0.1, 0.15) is 33.7 Å². The number of aromatic carboxylic acids is 1. The van der Waals surface area contributed by atoms with Crippen molar-refractivity contribution in [3.05, 3.63) is 40.8 Å². The van der Waals surface area contributed by atoms with Crippen molar-refractivity contribution in [2.75, 3.05) is 0 Å². The van der Waals surface area contributed by atoms with Crippen molar-refractivity contribution in [1.29, 1.82) is 0 Å². The third kappa shape index (κ3) is 2.08. The summed E-state index contributed by atoms with van der Waals surface area (Å²) in [6.07, 6.45) is 2.72. The number of hydrogen-bond acceptors (Lipinski definition) is 4. The summed E-state index contributed by atoms with van der Waals surface area (Å²) in [7, 11) is 0. The second kappa shape index (κ2) is 4.72. The number of aryl methyl sites for hydroxylation is 1. The Morgan fingerprint density at radius 1 is 1.50 bits per heavy atom. The first-order chi connectivity index (χ1) is 9.56. The van der Waals surface area contributed by atoms with Gasteiger partial charge in [0.25, 0.3) is 0 Å². The van der Waals surface area contributed by atoms with E-state index < -0.39 is 12.1 Å². The molecule has 6 nitrogen and oxygen atoms in total. The first-order valence-corrected chi connectivity index (χ1v) is 6.51. The highest BCUT2D eigenvalue weighted by Crippen LogP contribution is 2.26. The number of hydrogen-bond donors (Lipinski definition) is 2. The van der Waals surface area contributed by atoms with Gasteiger partial charge in [0.2, 0.25) is 0 Å². The van der Waals surface area contributed by atoms with Crippen LogP contribution in [0, 0.1) is 6.92 Å². The van der Waals surface area contributed by atoms with E-state index in [-0.39, 0.29) is 5.69 Å². The fourth-order valence-corrected chi connectivity index (χ4v) is 2.59. The van der Waals surface area contributed by atoms with Gasteiger partial charge in [0.15, 0.2) is 11.5 Å². The summed E-state index contributed by atoms with van der Waals surface area (Å²) in [5.74, 6) is -0.452. The zero-order valence-corrected chi connectivity index (χ0v) is 11.1. The number of fused-ring (bicyclic) bond motifs is 1. The molecule has 0 fully saturated rings. The van der Waals surface area contributed by atoms with Gasteiger partial charge in [-0.25, -0.2) is 14.5 Å². The van der Waals surface area contributed by atoms with Crippen LogP contribution in [-0.4, -0.2) is 37.1 Å². The summed E-state index contributed by atoms with van der Waals surface area (Å²) < 4.78 is 1.55. The highest BCUT2D eigenvalue weighted by Gasteiger charge is 2.28. The van der Waals surface area contributed by atoms with Crippen LogP contribution in [0.25, 0.3) is 5.82 Å². The summed E-state index contributed by atoms with van der Waals surface area (Å²) in [5.41, 5.74) is 2.55. The van der Waals surface area contributed by atoms with Crippen LogP contribution >= 0.6 is 0 Å². The average molecular weight is 273 g/mol. The molecule has 0 aliphatic heterocycles. The highest BCUT2D eigenvalue weighted by atomic mass is 16.4. The van der Waals surface area contributed by atoms with Crippen molar-refractivity contribution < 1.29 is 15.0 Å². The van der Waals surface area contributed by atoms with E-state index in [9.17, 15) is 15.0 Å². The van der Waals surface area contributed by atoms with Crippen molar-refractivity contribution >= 4 is 5.97 Å². The maximum atomic E-state index is 11.3. The Balaban J connectivity index is 2.18. The molecule has 1 aliphatic rings. The van der Waals surface area contributed by atoms with Gasteiger partial charge in [-0.2, -0.15) is 5.10 Å². The molecule has 0 spiro atoms.